The van der Waals surface area contributed by atoms with Crippen molar-refractivity contribution in [1.82, 2.24) is 13.9 Å². The number of nitrogens with one attached hydrogen (secondary N) is 1. The molecule has 0 aromatic carbocycles. The van der Waals surface area contributed by atoms with Gasteiger partial charge in [-0.1, -0.05) is 13.3 Å². The number of morpholine rings is 1. The van der Waals surface area contributed by atoms with Crippen molar-refractivity contribution in [2.75, 3.05) is 45.9 Å². The van der Waals surface area contributed by atoms with Gasteiger partial charge >= 0.3 is 0 Å². The van der Waals surface area contributed by atoms with Crippen LogP contribution < -0.4 is 5.32 Å². The van der Waals surface area contributed by atoms with Crippen LogP contribution in [-0.4, -0.2) is 69.0 Å². The highest BCUT2D eigenvalue weighted by Crippen LogP contribution is 2.15. The van der Waals surface area contributed by atoms with Crippen molar-refractivity contribution in [3.63, 3.8) is 0 Å². The van der Waals surface area contributed by atoms with Gasteiger partial charge in [0.25, 0.3) is 10.2 Å². The Morgan fingerprint density at radius 2 is 2.05 bits per heavy atom. The average molecular weight is 305 g/mol. The first kappa shape index (κ1) is 16.2. The van der Waals surface area contributed by atoms with E-state index in [4.69, 9.17) is 4.74 Å². The van der Waals surface area contributed by atoms with Gasteiger partial charge in [0.15, 0.2) is 0 Å². The lowest BCUT2D eigenvalue weighted by molar-refractivity contribution is 0.0698. The van der Waals surface area contributed by atoms with Gasteiger partial charge < -0.3 is 10.1 Å². The predicted octanol–water partition coefficient (Wildman–Crippen LogP) is 0.418. The fourth-order valence-corrected chi connectivity index (χ4v) is 4.54. The summed E-state index contributed by atoms with van der Waals surface area (Å²) >= 11 is 0. The second-order valence-corrected chi connectivity index (χ2v) is 7.45. The number of hydrogen-bond donors (Lipinski definition) is 1. The summed E-state index contributed by atoms with van der Waals surface area (Å²) < 4.78 is 33.9. The van der Waals surface area contributed by atoms with E-state index in [9.17, 15) is 8.42 Å². The van der Waals surface area contributed by atoms with Crippen LogP contribution in [0.15, 0.2) is 0 Å². The second-order valence-electron chi connectivity index (χ2n) is 5.52. The van der Waals surface area contributed by atoms with Gasteiger partial charge in [-0.05, 0) is 25.8 Å². The first-order chi connectivity index (χ1) is 9.64. The molecule has 0 aliphatic carbocycles. The maximum Gasteiger partial charge on any atom is 0.282 e. The van der Waals surface area contributed by atoms with E-state index in [0.29, 0.717) is 45.4 Å². The molecular formula is C13H27N3O3S. The van der Waals surface area contributed by atoms with Crippen molar-refractivity contribution in [3.05, 3.63) is 0 Å². The van der Waals surface area contributed by atoms with E-state index in [-0.39, 0.29) is 0 Å². The first-order valence-electron chi connectivity index (χ1n) is 7.71. The van der Waals surface area contributed by atoms with E-state index >= 15 is 0 Å². The summed E-state index contributed by atoms with van der Waals surface area (Å²) in [5, 5.41) is 3.43. The van der Waals surface area contributed by atoms with E-state index in [1.807, 2.05) is 6.92 Å². The van der Waals surface area contributed by atoms with Gasteiger partial charge in [-0.2, -0.15) is 17.0 Å². The van der Waals surface area contributed by atoms with Crippen molar-refractivity contribution in [2.24, 2.45) is 0 Å². The molecule has 2 heterocycles. The molecule has 1 unspecified atom stereocenters. The molecule has 2 aliphatic heterocycles. The summed E-state index contributed by atoms with van der Waals surface area (Å²) in [6, 6.07) is 0.297. The molecule has 2 rings (SSSR count). The first-order valence-corrected chi connectivity index (χ1v) is 9.10. The molecule has 0 saturated carbocycles. The quantitative estimate of drug-likeness (QED) is 0.772. The SMILES string of the molecule is CCCN(CC1CCCCN1)S(=O)(=O)N1CCOCC1. The van der Waals surface area contributed by atoms with Gasteiger partial charge in [0.1, 0.15) is 0 Å². The smallest absolute Gasteiger partial charge is 0.282 e. The highest BCUT2D eigenvalue weighted by Gasteiger charge is 2.32. The zero-order chi connectivity index (χ0) is 14.4. The van der Waals surface area contributed by atoms with Crippen LogP contribution in [-0.2, 0) is 14.9 Å². The van der Waals surface area contributed by atoms with Gasteiger partial charge in [0, 0.05) is 32.2 Å². The molecule has 0 spiro atoms. The van der Waals surface area contributed by atoms with Gasteiger partial charge in [-0.15, -0.1) is 0 Å². The summed E-state index contributed by atoms with van der Waals surface area (Å²) in [5.74, 6) is 0. The van der Waals surface area contributed by atoms with Gasteiger partial charge in [0.2, 0.25) is 0 Å². The molecular weight excluding hydrogens is 278 g/mol. The number of nitrogens with zero attached hydrogens (tertiary/aromatic N) is 2. The Hall–Kier alpha value is -0.210. The van der Waals surface area contributed by atoms with Crippen molar-refractivity contribution in [3.8, 4) is 0 Å². The molecule has 118 valence electrons. The van der Waals surface area contributed by atoms with Gasteiger partial charge in [0.05, 0.1) is 13.2 Å². The topological polar surface area (TPSA) is 61.9 Å². The molecule has 7 heteroatoms. The summed E-state index contributed by atoms with van der Waals surface area (Å²) in [7, 11) is -3.34. The van der Waals surface area contributed by atoms with Crippen LogP contribution >= 0.6 is 0 Å². The Kier molecular flexibility index (Phi) is 6.22. The number of piperidine rings is 1. The lowest BCUT2D eigenvalue weighted by Gasteiger charge is -2.35. The fraction of sp³-hybridized carbons (Fsp3) is 1.00. The predicted molar refractivity (Wildman–Crippen MR) is 78.8 cm³/mol. The number of ether oxygens (including phenoxy) is 1. The van der Waals surface area contributed by atoms with E-state index < -0.39 is 10.2 Å². The molecule has 2 aliphatic rings. The molecule has 0 bridgehead atoms. The van der Waals surface area contributed by atoms with Crippen LogP contribution in [0.5, 0.6) is 0 Å². The molecule has 0 amide bonds. The van der Waals surface area contributed by atoms with E-state index in [1.165, 1.54) is 12.8 Å². The zero-order valence-corrected chi connectivity index (χ0v) is 13.2. The van der Waals surface area contributed by atoms with Crippen LogP contribution in [0.3, 0.4) is 0 Å². The summed E-state index contributed by atoms with van der Waals surface area (Å²) in [4.78, 5) is 0. The Labute approximate surface area is 122 Å². The number of hydrogen-bond acceptors (Lipinski definition) is 4. The fourth-order valence-electron chi connectivity index (χ4n) is 2.82. The van der Waals surface area contributed by atoms with Crippen LogP contribution in [0.2, 0.25) is 0 Å². The van der Waals surface area contributed by atoms with Crippen LogP contribution in [0.25, 0.3) is 0 Å². The third-order valence-corrected chi connectivity index (χ3v) is 5.93. The molecule has 0 radical (unpaired) electrons. The molecule has 6 nitrogen and oxygen atoms in total. The summed E-state index contributed by atoms with van der Waals surface area (Å²) in [6.07, 6.45) is 4.30. The van der Waals surface area contributed by atoms with Gasteiger partial charge in [-0.3, -0.25) is 0 Å². The van der Waals surface area contributed by atoms with Crippen molar-refractivity contribution in [2.45, 2.75) is 38.6 Å². The average Bonchev–Trinajstić information content (AvgIpc) is 2.49. The normalized spacial score (nSPS) is 26.0. The van der Waals surface area contributed by atoms with E-state index in [2.05, 4.69) is 5.32 Å². The largest absolute Gasteiger partial charge is 0.379 e. The van der Waals surface area contributed by atoms with Crippen LogP contribution in [0.4, 0.5) is 0 Å². The monoisotopic (exact) mass is 305 g/mol. The minimum absolute atomic E-state index is 0.297. The molecule has 0 aromatic heterocycles. The molecule has 2 fully saturated rings. The lowest BCUT2D eigenvalue weighted by Crippen LogP contribution is -2.52. The van der Waals surface area contributed by atoms with Crippen LogP contribution in [0.1, 0.15) is 32.6 Å². The Morgan fingerprint density at radius 3 is 2.65 bits per heavy atom. The molecule has 1 atom stereocenters. The summed E-state index contributed by atoms with van der Waals surface area (Å²) in [5.41, 5.74) is 0. The third-order valence-electron chi connectivity index (χ3n) is 3.93. The van der Waals surface area contributed by atoms with Crippen molar-refractivity contribution >= 4 is 10.2 Å². The molecule has 2 saturated heterocycles. The molecule has 0 aromatic rings. The second kappa shape index (κ2) is 7.70. The van der Waals surface area contributed by atoms with Gasteiger partial charge in [-0.25, -0.2) is 0 Å². The maximum absolute atomic E-state index is 12.7. The van der Waals surface area contributed by atoms with Crippen molar-refractivity contribution in [1.29, 1.82) is 0 Å². The Morgan fingerprint density at radius 1 is 1.30 bits per heavy atom. The minimum Gasteiger partial charge on any atom is -0.379 e. The standard InChI is InChI=1S/C13H27N3O3S/c1-2-7-16(12-13-5-3-4-6-14-13)20(17,18)15-8-10-19-11-9-15/h13-14H,2-12H2,1H3. The van der Waals surface area contributed by atoms with Crippen LogP contribution in [0, 0.1) is 0 Å². The third kappa shape index (κ3) is 4.14. The zero-order valence-electron chi connectivity index (χ0n) is 12.4. The Balaban J connectivity index is 2.01. The summed E-state index contributed by atoms with van der Waals surface area (Å²) in [6.45, 7) is 6.16. The Bertz CT molecular complexity index is 376. The number of rotatable bonds is 6. The maximum atomic E-state index is 12.7. The highest BCUT2D eigenvalue weighted by atomic mass is 32.2. The lowest BCUT2D eigenvalue weighted by atomic mass is 10.1. The molecule has 1 N–H and O–H groups in total. The molecule has 20 heavy (non-hydrogen) atoms. The van der Waals surface area contributed by atoms with E-state index in [0.717, 1.165) is 19.4 Å². The van der Waals surface area contributed by atoms with E-state index in [1.54, 1.807) is 8.61 Å². The van der Waals surface area contributed by atoms with Crippen molar-refractivity contribution < 1.29 is 13.2 Å². The minimum atomic E-state index is -3.34. The highest BCUT2D eigenvalue weighted by molar-refractivity contribution is 7.86.